The molecule has 0 saturated carbocycles. The summed E-state index contributed by atoms with van der Waals surface area (Å²) in [4.78, 5) is 14.7. The van der Waals surface area contributed by atoms with E-state index in [1.807, 2.05) is 13.0 Å². The zero-order valence-electron chi connectivity index (χ0n) is 7.20. The molecule has 0 atom stereocenters. The molecule has 0 radical (unpaired) electrons. The lowest BCUT2D eigenvalue weighted by Gasteiger charge is -2.00. The van der Waals surface area contributed by atoms with Gasteiger partial charge in [0.05, 0.1) is 0 Å². The van der Waals surface area contributed by atoms with Crippen molar-refractivity contribution < 1.29 is 4.79 Å². The second kappa shape index (κ2) is 4.88. The summed E-state index contributed by atoms with van der Waals surface area (Å²) in [7, 11) is 0. The quantitative estimate of drug-likeness (QED) is 0.705. The normalized spacial score (nSPS) is 8.83. The number of carbonyl (C=O) groups excluding carboxylic acids is 1. The molecule has 0 saturated heterocycles. The number of carbonyl (C=O) groups is 1. The van der Waals surface area contributed by atoms with E-state index >= 15 is 0 Å². The highest BCUT2D eigenvalue weighted by Gasteiger charge is 1.99. The molecule has 0 N–H and O–H groups in total. The molecule has 3 heteroatoms. The standard InChI is InChI=1S/C9H11NO.ClH/c1-7-6-10-4-3-9(7)5-8(2)11;/h3-4,6H,5H2,1-2H3;1H. The van der Waals surface area contributed by atoms with E-state index in [9.17, 15) is 4.79 Å². The Hall–Kier alpha value is -0.890. The molecule has 0 aliphatic heterocycles. The summed E-state index contributed by atoms with van der Waals surface area (Å²) in [6.07, 6.45) is 4.01. The minimum atomic E-state index is 0. The van der Waals surface area contributed by atoms with Gasteiger partial charge < -0.3 is 0 Å². The first kappa shape index (κ1) is 11.1. The Morgan fingerprint density at radius 2 is 2.25 bits per heavy atom. The molecular weight excluding hydrogens is 174 g/mol. The molecule has 0 spiro atoms. The van der Waals surface area contributed by atoms with E-state index in [4.69, 9.17) is 0 Å². The van der Waals surface area contributed by atoms with Crippen molar-refractivity contribution in [3.05, 3.63) is 29.6 Å². The van der Waals surface area contributed by atoms with Gasteiger partial charge in [0, 0.05) is 18.8 Å². The van der Waals surface area contributed by atoms with Crippen LogP contribution < -0.4 is 0 Å². The third-order valence-electron chi connectivity index (χ3n) is 1.58. The SMILES string of the molecule is CC(=O)Cc1ccncc1C.Cl. The summed E-state index contributed by atoms with van der Waals surface area (Å²) in [6, 6.07) is 1.89. The molecule has 1 aromatic heterocycles. The minimum Gasteiger partial charge on any atom is -0.300 e. The average molecular weight is 186 g/mol. The van der Waals surface area contributed by atoms with E-state index in [2.05, 4.69) is 4.98 Å². The molecule has 0 aliphatic rings. The molecule has 0 aromatic carbocycles. The van der Waals surface area contributed by atoms with Crippen molar-refractivity contribution in [3.8, 4) is 0 Å². The molecule has 0 bridgehead atoms. The van der Waals surface area contributed by atoms with Gasteiger partial charge in [-0.05, 0) is 31.0 Å². The van der Waals surface area contributed by atoms with Crippen LogP contribution in [0.4, 0.5) is 0 Å². The van der Waals surface area contributed by atoms with Gasteiger partial charge in [0.1, 0.15) is 5.78 Å². The number of nitrogens with zero attached hydrogens (tertiary/aromatic N) is 1. The van der Waals surface area contributed by atoms with Crippen LogP contribution in [-0.2, 0) is 11.2 Å². The average Bonchev–Trinajstić information content (AvgIpc) is 1.93. The van der Waals surface area contributed by atoms with Crippen molar-refractivity contribution in [2.24, 2.45) is 0 Å². The van der Waals surface area contributed by atoms with Crippen molar-refractivity contribution in [3.63, 3.8) is 0 Å². The highest BCUT2D eigenvalue weighted by Crippen LogP contribution is 2.05. The van der Waals surface area contributed by atoms with Crippen LogP contribution in [0.25, 0.3) is 0 Å². The van der Waals surface area contributed by atoms with Crippen LogP contribution >= 0.6 is 12.4 Å². The van der Waals surface area contributed by atoms with Crippen molar-refractivity contribution >= 4 is 18.2 Å². The summed E-state index contributed by atoms with van der Waals surface area (Å²) in [5.74, 6) is 0.194. The second-order valence-corrected chi connectivity index (χ2v) is 2.68. The van der Waals surface area contributed by atoms with Crippen LogP contribution in [0.15, 0.2) is 18.5 Å². The van der Waals surface area contributed by atoms with Crippen LogP contribution in [0.3, 0.4) is 0 Å². The molecule has 0 unspecified atom stereocenters. The molecule has 1 heterocycles. The maximum Gasteiger partial charge on any atom is 0.134 e. The number of halogens is 1. The van der Waals surface area contributed by atoms with Gasteiger partial charge in [-0.15, -0.1) is 12.4 Å². The number of hydrogen-bond donors (Lipinski definition) is 0. The highest BCUT2D eigenvalue weighted by atomic mass is 35.5. The van der Waals surface area contributed by atoms with E-state index in [0.717, 1.165) is 11.1 Å². The number of hydrogen-bond acceptors (Lipinski definition) is 2. The van der Waals surface area contributed by atoms with E-state index in [0.29, 0.717) is 6.42 Å². The third kappa shape index (κ3) is 3.01. The van der Waals surface area contributed by atoms with Gasteiger partial charge >= 0.3 is 0 Å². The van der Waals surface area contributed by atoms with Crippen molar-refractivity contribution in [1.82, 2.24) is 4.98 Å². The third-order valence-corrected chi connectivity index (χ3v) is 1.58. The lowest BCUT2D eigenvalue weighted by atomic mass is 10.1. The Balaban J connectivity index is 0.00000121. The van der Waals surface area contributed by atoms with Crippen molar-refractivity contribution in [2.45, 2.75) is 20.3 Å². The molecule has 1 rings (SSSR count). The van der Waals surface area contributed by atoms with E-state index in [1.165, 1.54) is 0 Å². The molecule has 0 fully saturated rings. The fourth-order valence-corrected chi connectivity index (χ4v) is 0.969. The maximum absolute atomic E-state index is 10.7. The Morgan fingerprint density at radius 1 is 1.58 bits per heavy atom. The highest BCUT2D eigenvalue weighted by molar-refractivity contribution is 5.85. The maximum atomic E-state index is 10.7. The Labute approximate surface area is 78.4 Å². The minimum absolute atomic E-state index is 0. The summed E-state index contributed by atoms with van der Waals surface area (Å²) in [5.41, 5.74) is 2.16. The number of Topliss-reactive ketones (excluding diaryl/α,β-unsaturated/α-hetero) is 1. The Morgan fingerprint density at radius 3 is 2.75 bits per heavy atom. The monoisotopic (exact) mass is 185 g/mol. The van der Waals surface area contributed by atoms with Gasteiger partial charge in [0.15, 0.2) is 0 Å². The van der Waals surface area contributed by atoms with Gasteiger partial charge in [0.2, 0.25) is 0 Å². The number of aromatic nitrogens is 1. The van der Waals surface area contributed by atoms with Gasteiger partial charge in [-0.1, -0.05) is 0 Å². The van der Waals surface area contributed by atoms with Crippen LogP contribution in [0.2, 0.25) is 0 Å². The molecular formula is C9H12ClNO. The van der Waals surface area contributed by atoms with Crippen molar-refractivity contribution in [2.75, 3.05) is 0 Å². The number of aryl methyl sites for hydroxylation is 1. The lowest BCUT2D eigenvalue weighted by molar-refractivity contribution is -0.116. The molecule has 66 valence electrons. The van der Waals surface area contributed by atoms with Gasteiger partial charge in [-0.2, -0.15) is 0 Å². The summed E-state index contributed by atoms with van der Waals surface area (Å²) >= 11 is 0. The number of pyridine rings is 1. The molecule has 0 amide bonds. The molecule has 12 heavy (non-hydrogen) atoms. The lowest BCUT2D eigenvalue weighted by Crippen LogP contribution is -1.98. The van der Waals surface area contributed by atoms with Gasteiger partial charge in [-0.25, -0.2) is 0 Å². The Bertz CT molecular complexity index is 273. The van der Waals surface area contributed by atoms with Crippen LogP contribution in [0, 0.1) is 6.92 Å². The van der Waals surface area contributed by atoms with E-state index < -0.39 is 0 Å². The zero-order chi connectivity index (χ0) is 8.27. The predicted octanol–water partition coefficient (Wildman–Crippen LogP) is 1.94. The topological polar surface area (TPSA) is 30.0 Å². The van der Waals surface area contributed by atoms with E-state index in [-0.39, 0.29) is 18.2 Å². The van der Waals surface area contributed by atoms with E-state index in [1.54, 1.807) is 19.3 Å². The largest absolute Gasteiger partial charge is 0.300 e. The first-order valence-corrected chi connectivity index (χ1v) is 3.59. The van der Waals surface area contributed by atoms with Crippen molar-refractivity contribution in [1.29, 1.82) is 0 Å². The van der Waals surface area contributed by atoms with Crippen LogP contribution in [0.1, 0.15) is 18.1 Å². The fraction of sp³-hybridized carbons (Fsp3) is 0.333. The number of ketones is 1. The van der Waals surface area contributed by atoms with Crippen LogP contribution in [0.5, 0.6) is 0 Å². The summed E-state index contributed by atoms with van der Waals surface area (Å²) in [6.45, 7) is 3.56. The first-order valence-electron chi connectivity index (χ1n) is 3.59. The predicted molar refractivity (Wildman–Crippen MR) is 50.6 cm³/mol. The summed E-state index contributed by atoms with van der Waals surface area (Å²) < 4.78 is 0. The molecule has 2 nitrogen and oxygen atoms in total. The molecule has 0 aliphatic carbocycles. The second-order valence-electron chi connectivity index (χ2n) is 2.68. The van der Waals surface area contributed by atoms with Gasteiger partial charge in [0.25, 0.3) is 0 Å². The summed E-state index contributed by atoms with van der Waals surface area (Å²) in [5, 5.41) is 0. The van der Waals surface area contributed by atoms with Crippen LogP contribution in [-0.4, -0.2) is 10.8 Å². The Kier molecular flexibility index (Phi) is 4.52. The zero-order valence-corrected chi connectivity index (χ0v) is 8.02. The first-order chi connectivity index (χ1) is 5.20. The smallest absolute Gasteiger partial charge is 0.134 e. The molecule has 1 aromatic rings. The fourth-order valence-electron chi connectivity index (χ4n) is 0.969. The number of rotatable bonds is 2. The van der Waals surface area contributed by atoms with Gasteiger partial charge in [-0.3, -0.25) is 9.78 Å².